The van der Waals surface area contributed by atoms with Gasteiger partial charge in [-0.25, -0.2) is 4.39 Å². The summed E-state index contributed by atoms with van der Waals surface area (Å²) in [5.41, 5.74) is 9.04. The summed E-state index contributed by atoms with van der Waals surface area (Å²) in [6.45, 7) is 12.8. The number of halogens is 1. The van der Waals surface area contributed by atoms with Crippen LogP contribution in [-0.4, -0.2) is 47.5 Å². The molecule has 3 rings (SSSR count). The Morgan fingerprint density at radius 1 is 1.12 bits per heavy atom. The minimum absolute atomic E-state index is 0.0320. The molecule has 5 nitrogen and oxygen atoms in total. The summed E-state index contributed by atoms with van der Waals surface area (Å²) in [5.74, 6) is 0.280. The fourth-order valence-corrected chi connectivity index (χ4v) is 4.12. The van der Waals surface area contributed by atoms with Gasteiger partial charge in [-0.1, -0.05) is 39.0 Å². The maximum Gasteiger partial charge on any atom is 0.260 e. The van der Waals surface area contributed by atoms with E-state index in [0.29, 0.717) is 18.0 Å². The molecule has 0 bridgehead atoms. The van der Waals surface area contributed by atoms with Gasteiger partial charge in [0, 0.05) is 31.7 Å². The second-order valence-electron chi connectivity index (χ2n) is 9.58. The fourth-order valence-electron chi connectivity index (χ4n) is 4.12. The lowest BCUT2D eigenvalue weighted by Gasteiger charge is -2.44. The monoisotopic (exact) mass is 441 g/mol. The minimum Gasteiger partial charge on any atom is -0.482 e. The quantitative estimate of drug-likeness (QED) is 0.638. The van der Waals surface area contributed by atoms with Crippen LogP contribution in [0.3, 0.4) is 0 Å². The lowest BCUT2D eigenvalue weighted by atomic mass is 9.82. The summed E-state index contributed by atoms with van der Waals surface area (Å²) in [5, 5.41) is 0. The maximum absolute atomic E-state index is 13.2. The molecule has 1 saturated heterocycles. The van der Waals surface area contributed by atoms with Gasteiger partial charge in [0.15, 0.2) is 6.61 Å². The Kier molecular flexibility index (Phi) is 7.44. The van der Waals surface area contributed by atoms with Gasteiger partial charge in [-0.3, -0.25) is 9.69 Å². The number of amides is 1. The summed E-state index contributed by atoms with van der Waals surface area (Å²) < 4.78 is 19.0. The standard InChI is InChI=1S/C26H36FN3O2/c1-6-26(4,5)21-9-12-24(23(28)13-21)32-17-25(31)30-15-18(2)29(14-19(30)3)16-20-7-10-22(27)11-8-20/h7-13,18-19H,6,14-17,28H2,1-5H3. The predicted octanol–water partition coefficient (Wildman–Crippen LogP) is 4.60. The highest BCUT2D eigenvalue weighted by atomic mass is 19.1. The number of carbonyl (C=O) groups excluding carboxylic acids is 1. The zero-order valence-electron chi connectivity index (χ0n) is 19.9. The largest absolute Gasteiger partial charge is 0.482 e. The number of piperazine rings is 1. The number of nitrogens with two attached hydrogens (primary N) is 1. The van der Waals surface area contributed by atoms with Gasteiger partial charge in [0.25, 0.3) is 5.91 Å². The summed E-state index contributed by atoms with van der Waals surface area (Å²) >= 11 is 0. The Hall–Kier alpha value is -2.60. The number of ether oxygens (including phenoxy) is 1. The Balaban J connectivity index is 1.57. The smallest absolute Gasteiger partial charge is 0.260 e. The molecular weight excluding hydrogens is 405 g/mol. The SMILES string of the molecule is CCC(C)(C)c1ccc(OCC(=O)N2CC(C)N(Cc3ccc(F)cc3)CC2C)c(N)c1. The molecule has 1 amide bonds. The average Bonchev–Trinajstić information content (AvgIpc) is 2.76. The number of hydrogen-bond acceptors (Lipinski definition) is 4. The third kappa shape index (κ3) is 5.60. The number of rotatable bonds is 7. The van der Waals surface area contributed by atoms with Crippen LogP contribution in [0.4, 0.5) is 10.1 Å². The number of anilines is 1. The van der Waals surface area contributed by atoms with E-state index in [4.69, 9.17) is 10.5 Å². The minimum atomic E-state index is -0.227. The van der Waals surface area contributed by atoms with Crippen LogP contribution in [0.1, 0.15) is 52.2 Å². The summed E-state index contributed by atoms with van der Waals surface area (Å²) in [6.07, 6.45) is 1.01. The topological polar surface area (TPSA) is 58.8 Å². The zero-order valence-corrected chi connectivity index (χ0v) is 19.9. The van der Waals surface area contributed by atoms with E-state index in [9.17, 15) is 9.18 Å². The molecule has 2 aromatic rings. The van der Waals surface area contributed by atoms with Crippen molar-refractivity contribution < 1.29 is 13.9 Å². The van der Waals surface area contributed by atoms with Gasteiger partial charge < -0.3 is 15.4 Å². The predicted molar refractivity (Wildman–Crippen MR) is 127 cm³/mol. The van der Waals surface area contributed by atoms with Gasteiger partial charge >= 0.3 is 0 Å². The number of benzene rings is 2. The van der Waals surface area contributed by atoms with E-state index in [1.54, 1.807) is 0 Å². The average molecular weight is 442 g/mol. The molecule has 0 saturated carbocycles. The van der Waals surface area contributed by atoms with Crippen LogP contribution in [0, 0.1) is 5.82 Å². The molecule has 6 heteroatoms. The fraction of sp³-hybridized carbons (Fsp3) is 0.500. The van der Waals surface area contributed by atoms with E-state index in [2.05, 4.69) is 39.5 Å². The summed E-state index contributed by atoms with van der Waals surface area (Å²) in [4.78, 5) is 17.1. The first-order chi connectivity index (χ1) is 15.1. The van der Waals surface area contributed by atoms with Gasteiger partial charge in [-0.2, -0.15) is 0 Å². The van der Waals surface area contributed by atoms with Crippen molar-refractivity contribution in [3.05, 3.63) is 59.4 Å². The highest BCUT2D eigenvalue weighted by Crippen LogP contribution is 2.32. The molecule has 0 radical (unpaired) electrons. The molecule has 32 heavy (non-hydrogen) atoms. The van der Waals surface area contributed by atoms with Crippen LogP contribution >= 0.6 is 0 Å². The Bertz CT molecular complexity index is 929. The third-order valence-electron chi connectivity index (χ3n) is 6.76. The van der Waals surface area contributed by atoms with Crippen molar-refractivity contribution in [2.24, 2.45) is 0 Å². The molecule has 2 N–H and O–H groups in total. The molecule has 1 aliphatic heterocycles. The van der Waals surface area contributed by atoms with E-state index in [0.717, 1.165) is 30.6 Å². The van der Waals surface area contributed by atoms with Crippen molar-refractivity contribution in [1.82, 2.24) is 9.80 Å². The number of hydrogen-bond donors (Lipinski definition) is 1. The summed E-state index contributed by atoms with van der Waals surface area (Å²) in [7, 11) is 0. The van der Waals surface area contributed by atoms with E-state index in [1.165, 1.54) is 12.1 Å². The molecule has 0 spiro atoms. The van der Waals surface area contributed by atoms with Crippen molar-refractivity contribution in [2.75, 3.05) is 25.4 Å². The highest BCUT2D eigenvalue weighted by Gasteiger charge is 2.32. The molecule has 1 heterocycles. The lowest BCUT2D eigenvalue weighted by molar-refractivity contribution is -0.139. The first kappa shape index (κ1) is 24.1. The van der Waals surface area contributed by atoms with E-state index in [1.807, 2.05) is 35.2 Å². The van der Waals surface area contributed by atoms with Crippen molar-refractivity contribution in [3.8, 4) is 5.75 Å². The lowest BCUT2D eigenvalue weighted by Crippen LogP contribution is -2.58. The first-order valence-electron chi connectivity index (χ1n) is 11.4. The number of nitrogen functional groups attached to an aromatic ring is 1. The van der Waals surface area contributed by atoms with E-state index < -0.39 is 0 Å². The molecule has 1 fully saturated rings. The van der Waals surface area contributed by atoms with Crippen LogP contribution < -0.4 is 10.5 Å². The molecule has 1 aliphatic rings. The van der Waals surface area contributed by atoms with Crippen molar-refractivity contribution >= 4 is 11.6 Å². The maximum atomic E-state index is 13.2. The molecule has 2 unspecified atom stereocenters. The molecule has 2 aromatic carbocycles. The molecular formula is C26H36FN3O2. The van der Waals surface area contributed by atoms with E-state index >= 15 is 0 Å². The Morgan fingerprint density at radius 3 is 2.44 bits per heavy atom. The van der Waals surface area contributed by atoms with Crippen LogP contribution in [0.25, 0.3) is 0 Å². The van der Waals surface area contributed by atoms with Gasteiger partial charge in [0.2, 0.25) is 0 Å². The van der Waals surface area contributed by atoms with Crippen LogP contribution in [0.15, 0.2) is 42.5 Å². The van der Waals surface area contributed by atoms with Gasteiger partial charge in [0.1, 0.15) is 11.6 Å². The van der Waals surface area contributed by atoms with Crippen molar-refractivity contribution in [2.45, 2.75) is 65.1 Å². The molecule has 2 atom stereocenters. The zero-order chi connectivity index (χ0) is 23.5. The van der Waals surface area contributed by atoms with Crippen LogP contribution in [0.5, 0.6) is 5.75 Å². The number of carbonyl (C=O) groups is 1. The normalized spacial score (nSPS) is 19.8. The second kappa shape index (κ2) is 9.90. The number of nitrogens with zero attached hydrogens (tertiary/aromatic N) is 2. The van der Waals surface area contributed by atoms with Crippen LogP contribution in [-0.2, 0) is 16.8 Å². The second-order valence-corrected chi connectivity index (χ2v) is 9.58. The molecule has 0 aliphatic carbocycles. The van der Waals surface area contributed by atoms with Crippen molar-refractivity contribution in [1.29, 1.82) is 0 Å². The van der Waals surface area contributed by atoms with E-state index in [-0.39, 0.29) is 35.8 Å². The molecule has 174 valence electrons. The van der Waals surface area contributed by atoms with Gasteiger partial charge in [-0.05, 0) is 61.1 Å². The summed E-state index contributed by atoms with van der Waals surface area (Å²) in [6, 6.07) is 12.7. The van der Waals surface area contributed by atoms with Gasteiger partial charge in [0.05, 0.1) is 5.69 Å². The third-order valence-corrected chi connectivity index (χ3v) is 6.76. The highest BCUT2D eigenvalue weighted by molar-refractivity contribution is 5.78. The Morgan fingerprint density at radius 2 is 1.81 bits per heavy atom. The van der Waals surface area contributed by atoms with Crippen molar-refractivity contribution in [3.63, 3.8) is 0 Å². The Labute approximate surface area is 191 Å². The van der Waals surface area contributed by atoms with Crippen LogP contribution in [0.2, 0.25) is 0 Å². The first-order valence-corrected chi connectivity index (χ1v) is 11.4. The molecule has 0 aromatic heterocycles. The van der Waals surface area contributed by atoms with Gasteiger partial charge in [-0.15, -0.1) is 0 Å².